The number of non-ortho nitro benzene ring substituents is 1. The van der Waals surface area contributed by atoms with E-state index in [1.165, 1.54) is 0 Å². The number of nitro benzene ring substituents is 1. The highest BCUT2D eigenvalue weighted by atomic mass is 32.2. The highest BCUT2D eigenvalue weighted by Crippen LogP contribution is 2.21. The van der Waals surface area contributed by atoms with Crippen LogP contribution in [0.3, 0.4) is 0 Å². The molecule has 1 fully saturated rings. The normalized spacial score (nSPS) is 15.2. The van der Waals surface area contributed by atoms with Crippen LogP contribution in [0.1, 0.15) is 13.3 Å². The van der Waals surface area contributed by atoms with Crippen LogP contribution in [0.15, 0.2) is 29.2 Å². The molecule has 2 amide bonds. The molecule has 0 unspecified atom stereocenters. The van der Waals surface area contributed by atoms with E-state index in [0.29, 0.717) is 6.42 Å². The molecule has 0 atom stereocenters. The Hall–Kier alpha value is -2.24. The van der Waals surface area contributed by atoms with E-state index in [1.807, 2.05) is 0 Å². The van der Waals surface area contributed by atoms with Gasteiger partial charge in [-0.1, -0.05) is 6.92 Å². The van der Waals surface area contributed by atoms with Crippen molar-refractivity contribution >= 4 is 21.7 Å². The predicted octanol–water partition coefficient (Wildman–Crippen LogP) is 0.398. The van der Waals surface area contributed by atoms with Gasteiger partial charge in [0.1, 0.15) is 6.67 Å². The van der Waals surface area contributed by atoms with E-state index in [1.54, 1.807) is 6.92 Å². The molecular formula is C11H15N5O5S. The maximum absolute atomic E-state index is 12.6. The zero-order chi connectivity index (χ0) is 16.3. The fraction of sp³-hybridized carbons (Fsp3) is 0.364. The minimum Gasteiger partial charge on any atom is -0.270 e. The summed E-state index contributed by atoms with van der Waals surface area (Å²) in [5, 5.41) is 11.7. The van der Waals surface area contributed by atoms with Crippen LogP contribution in [0.25, 0.3) is 0 Å². The van der Waals surface area contributed by atoms with Crippen LogP contribution < -0.4 is 10.9 Å². The lowest BCUT2D eigenvalue weighted by molar-refractivity contribution is -0.384. The Morgan fingerprint density at radius 2 is 2.00 bits per heavy atom. The summed E-state index contributed by atoms with van der Waals surface area (Å²) in [4.78, 5) is 21.6. The zero-order valence-corrected chi connectivity index (χ0v) is 12.5. The molecule has 0 bridgehead atoms. The van der Waals surface area contributed by atoms with Gasteiger partial charge in [-0.15, -0.1) is 4.41 Å². The van der Waals surface area contributed by atoms with Gasteiger partial charge in [-0.25, -0.2) is 23.6 Å². The molecule has 1 aliphatic heterocycles. The van der Waals surface area contributed by atoms with Crippen molar-refractivity contribution in [2.75, 3.05) is 13.2 Å². The highest BCUT2D eigenvalue weighted by molar-refractivity contribution is 7.89. The summed E-state index contributed by atoms with van der Waals surface area (Å²) in [6.07, 6.45) is 0.496. The third-order valence-electron chi connectivity index (χ3n) is 2.97. The second-order valence-electron chi connectivity index (χ2n) is 4.47. The number of hydrazine groups is 2. The van der Waals surface area contributed by atoms with Crippen LogP contribution in [-0.4, -0.2) is 42.0 Å². The lowest BCUT2D eigenvalue weighted by atomic mass is 10.3. The third-order valence-corrected chi connectivity index (χ3v) is 4.77. The molecule has 10 nitrogen and oxygen atoms in total. The summed E-state index contributed by atoms with van der Waals surface area (Å²) in [6.45, 7) is 1.89. The number of carbonyl (C=O) groups is 1. The summed E-state index contributed by atoms with van der Waals surface area (Å²) in [5.74, 6) is 0. The Kier molecular flexibility index (Phi) is 4.59. The van der Waals surface area contributed by atoms with Crippen molar-refractivity contribution in [3.05, 3.63) is 34.4 Å². The van der Waals surface area contributed by atoms with Crippen LogP contribution in [0.4, 0.5) is 10.5 Å². The molecule has 2 N–H and O–H groups in total. The Bertz CT molecular complexity index is 675. The van der Waals surface area contributed by atoms with Crippen LogP contribution in [0.5, 0.6) is 0 Å². The Morgan fingerprint density at radius 3 is 2.45 bits per heavy atom. The summed E-state index contributed by atoms with van der Waals surface area (Å²) < 4.78 is 26.2. The van der Waals surface area contributed by atoms with Crippen LogP contribution in [-0.2, 0) is 10.0 Å². The molecule has 0 saturated carbocycles. The average molecular weight is 329 g/mol. The van der Waals surface area contributed by atoms with Gasteiger partial charge in [0.2, 0.25) is 0 Å². The fourth-order valence-corrected chi connectivity index (χ4v) is 3.47. The first-order valence-electron chi connectivity index (χ1n) is 6.45. The number of hydrogen-bond donors (Lipinski definition) is 2. The van der Waals surface area contributed by atoms with Crippen molar-refractivity contribution in [2.24, 2.45) is 0 Å². The van der Waals surface area contributed by atoms with Crippen molar-refractivity contribution in [1.29, 1.82) is 0 Å². The molecule has 0 aliphatic carbocycles. The van der Waals surface area contributed by atoms with Gasteiger partial charge in [0.15, 0.2) is 0 Å². The molecule has 1 aliphatic rings. The van der Waals surface area contributed by atoms with Crippen LogP contribution in [0, 0.1) is 10.1 Å². The molecule has 2 rings (SSSR count). The molecule has 11 heteroatoms. The van der Waals surface area contributed by atoms with E-state index < -0.39 is 21.0 Å². The van der Waals surface area contributed by atoms with Crippen LogP contribution in [0.2, 0.25) is 0 Å². The zero-order valence-electron chi connectivity index (χ0n) is 11.7. The quantitative estimate of drug-likeness (QED) is 0.575. The lowest BCUT2D eigenvalue weighted by Crippen LogP contribution is -2.48. The summed E-state index contributed by atoms with van der Waals surface area (Å²) >= 11 is 0. The molecule has 0 radical (unpaired) electrons. The smallest absolute Gasteiger partial charge is 0.270 e. The van der Waals surface area contributed by atoms with Gasteiger partial charge >= 0.3 is 6.03 Å². The molecule has 0 aromatic heterocycles. The second kappa shape index (κ2) is 6.25. The molecular weight excluding hydrogens is 314 g/mol. The van der Waals surface area contributed by atoms with Gasteiger partial charge in [0.05, 0.1) is 9.82 Å². The molecule has 1 heterocycles. The Morgan fingerprint density at radius 1 is 1.36 bits per heavy atom. The Balaban J connectivity index is 2.36. The van der Waals surface area contributed by atoms with Crippen LogP contribution >= 0.6 is 0 Å². The topological polar surface area (TPSA) is 125 Å². The predicted molar refractivity (Wildman–Crippen MR) is 75.7 cm³/mol. The van der Waals surface area contributed by atoms with Crippen molar-refractivity contribution < 1.29 is 18.1 Å². The number of benzene rings is 1. The van der Waals surface area contributed by atoms with E-state index in [2.05, 4.69) is 10.9 Å². The Labute approximate surface area is 126 Å². The van der Waals surface area contributed by atoms with Crippen molar-refractivity contribution in [1.82, 2.24) is 20.3 Å². The maximum Gasteiger partial charge on any atom is 0.348 e. The molecule has 1 aromatic rings. The number of nitro groups is 1. The third kappa shape index (κ3) is 3.00. The largest absolute Gasteiger partial charge is 0.348 e. The minimum atomic E-state index is -3.99. The second-order valence-corrected chi connectivity index (χ2v) is 6.31. The highest BCUT2D eigenvalue weighted by Gasteiger charge is 2.35. The first-order valence-corrected chi connectivity index (χ1v) is 7.89. The summed E-state index contributed by atoms with van der Waals surface area (Å²) in [7, 11) is -3.99. The van der Waals surface area contributed by atoms with E-state index in [-0.39, 0.29) is 23.8 Å². The molecule has 1 saturated heterocycles. The van der Waals surface area contributed by atoms with Crippen molar-refractivity contribution in [3.8, 4) is 0 Å². The number of hydrogen-bond acceptors (Lipinski definition) is 6. The van der Waals surface area contributed by atoms with Crippen molar-refractivity contribution in [2.45, 2.75) is 18.2 Å². The number of rotatable bonds is 6. The first-order chi connectivity index (χ1) is 10.4. The summed E-state index contributed by atoms with van der Waals surface area (Å²) in [5.41, 5.74) is 4.63. The fourth-order valence-electron chi connectivity index (χ4n) is 1.93. The van der Waals surface area contributed by atoms with E-state index in [4.69, 9.17) is 0 Å². The van der Waals surface area contributed by atoms with Gasteiger partial charge in [0.25, 0.3) is 15.7 Å². The maximum atomic E-state index is 12.6. The molecule has 1 aromatic carbocycles. The molecule has 0 spiro atoms. The van der Waals surface area contributed by atoms with Crippen molar-refractivity contribution in [3.63, 3.8) is 0 Å². The number of nitrogens with one attached hydrogen (secondary N) is 2. The lowest BCUT2D eigenvalue weighted by Gasteiger charge is -2.28. The number of amides is 2. The monoisotopic (exact) mass is 329 g/mol. The van der Waals surface area contributed by atoms with Gasteiger partial charge < -0.3 is 0 Å². The number of nitrogens with zero attached hydrogens (tertiary/aromatic N) is 3. The standard InChI is InChI=1S/C11H15N5O5S/c1-2-7-15(14-8-12-13-11(14)17)22(20,21)10-5-3-9(4-6-10)16(18)19/h3-6,12H,2,7-8H2,1H3,(H,13,17). The van der Waals surface area contributed by atoms with E-state index >= 15 is 0 Å². The van der Waals surface area contributed by atoms with Gasteiger partial charge in [-0.05, 0) is 18.6 Å². The van der Waals surface area contributed by atoms with Gasteiger partial charge in [0, 0.05) is 18.7 Å². The van der Waals surface area contributed by atoms with E-state index in [0.717, 1.165) is 33.7 Å². The average Bonchev–Trinajstić information content (AvgIpc) is 2.90. The molecule has 22 heavy (non-hydrogen) atoms. The number of carbonyl (C=O) groups excluding carboxylic acids is 1. The minimum absolute atomic E-state index is 0.00500. The summed E-state index contributed by atoms with van der Waals surface area (Å²) in [6, 6.07) is 3.94. The molecule has 120 valence electrons. The van der Waals surface area contributed by atoms with Gasteiger partial charge in [-0.2, -0.15) is 0 Å². The SMILES string of the molecule is CCCN(N1CNNC1=O)S(=O)(=O)c1ccc([N+](=O)[O-])cc1. The number of sulfonamides is 1. The van der Waals surface area contributed by atoms with E-state index in [9.17, 15) is 23.3 Å². The first kappa shape index (κ1) is 16.1. The van der Waals surface area contributed by atoms with Gasteiger partial charge in [-0.3, -0.25) is 15.5 Å². The number of urea groups is 1.